The van der Waals surface area contributed by atoms with Gasteiger partial charge in [0, 0.05) is 11.6 Å². The molecule has 0 aliphatic heterocycles. The minimum atomic E-state index is 0.363. The molecule has 0 radical (unpaired) electrons. The Morgan fingerprint density at radius 2 is 2.11 bits per heavy atom. The Bertz CT molecular complexity index is 656. The molecule has 0 saturated heterocycles. The number of hydrogen-bond acceptors (Lipinski definition) is 3. The van der Waals surface area contributed by atoms with Gasteiger partial charge in [-0.1, -0.05) is 55.5 Å². The molecule has 27 heavy (non-hydrogen) atoms. The van der Waals surface area contributed by atoms with Crippen molar-refractivity contribution in [3.63, 3.8) is 0 Å². The van der Waals surface area contributed by atoms with Crippen molar-refractivity contribution in [3.05, 3.63) is 77.3 Å². The lowest BCUT2D eigenvalue weighted by Crippen LogP contribution is -2.17. The predicted octanol–water partition coefficient (Wildman–Crippen LogP) is 6.10. The van der Waals surface area contributed by atoms with E-state index >= 15 is 0 Å². The van der Waals surface area contributed by atoms with Crippen molar-refractivity contribution in [3.8, 4) is 6.07 Å². The van der Waals surface area contributed by atoms with E-state index in [0.29, 0.717) is 11.5 Å². The van der Waals surface area contributed by atoms with Gasteiger partial charge >= 0.3 is 0 Å². The second kappa shape index (κ2) is 17.2. The van der Waals surface area contributed by atoms with Gasteiger partial charge in [-0.25, -0.2) is 0 Å². The van der Waals surface area contributed by atoms with E-state index in [1.54, 1.807) is 19.3 Å². The smallest absolute Gasteiger partial charge is 0.121 e. The van der Waals surface area contributed by atoms with Gasteiger partial charge in [0.25, 0.3) is 0 Å². The number of halogens is 1. The zero-order valence-corrected chi connectivity index (χ0v) is 17.3. The normalized spacial score (nSPS) is 12.0. The number of hydrogen-bond donors (Lipinski definition) is 1. The first kappa shape index (κ1) is 24.8. The molecule has 3 nitrogen and oxygen atoms in total. The van der Waals surface area contributed by atoms with Crippen molar-refractivity contribution in [2.45, 2.75) is 39.0 Å². The summed E-state index contributed by atoms with van der Waals surface area (Å²) in [6.45, 7) is 11.5. The van der Waals surface area contributed by atoms with Gasteiger partial charge in [-0.2, -0.15) is 5.26 Å². The van der Waals surface area contributed by atoms with Gasteiger partial charge in [-0.3, -0.25) is 0 Å². The zero-order chi connectivity index (χ0) is 20.3. The number of nitrogens with zero attached hydrogens (tertiary/aromatic N) is 1. The highest BCUT2D eigenvalue weighted by molar-refractivity contribution is 6.30. The molecule has 0 saturated carbocycles. The van der Waals surface area contributed by atoms with Crippen molar-refractivity contribution in [2.24, 2.45) is 0 Å². The SMILES string of the molecule is C=C/C(CCC/C(=C\C=C=CC(=C)Cl)CNCCC)=C(\C=C/CC#N)OC. The fourth-order valence-electron chi connectivity index (χ4n) is 2.32. The van der Waals surface area contributed by atoms with Crippen molar-refractivity contribution in [1.82, 2.24) is 5.32 Å². The summed E-state index contributed by atoms with van der Waals surface area (Å²) in [5.74, 6) is 0.762. The first-order chi connectivity index (χ1) is 13.1. The van der Waals surface area contributed by atoms with Crippen LogP contribution in [0.15, 0.2) is 77.3 Å². The van der Waals surface area contributed by atoms with Crippen molar-refractivity contribution >= 4 is 11.6 Å². The molecule has 0 spiro atoms. The van der Waals surface area contributed by atoms with Crippen molar-refractivity contribution < 1.29 is 4.74 Å². The minimum absolute atomic E-state index is 0.363. The summed E-state index contributed by atoms with van der Waals surface area (Å²) < 4.78 is 5.43. The summed E-state index contributed by atoms with van der Waals surface area (Å²) in [5, 5.41) is 12.5. The van der Waals surface area contributed by atoms with Gasteiger partial charge < -0.3 is 10.1 Å². The molecule has 0 bridgehead atoms. The minimum Gasteiger partial charge on any atom is -0.496 e. The Hall–Kier alpha value is -2.24. The molecule has 4 heteroatoms. The Morgan fingerprint density at radius 3 is 2.70 bits per heavy atom. The highest BCUT2D eigenvalue weighted by Gasteiger charge is 2.03. The number of rotatable bonds is 14. The number of nitriles is 1. The molecule has 0 aliphatic carbocycles. The summed E-state index contributed by atoms with van der Waals surface area (Å²) in [6, 6.07) is 2.09. The standard InChI is InChI=1S/C23H31ClN2O/c1-5-18-26-19-21(13-8-7-12-20(3)24)14-11-15-22(6-2)23(27-4)16-9-10-17-25/h6,8-9,12-13,16,26H,2-3,5,10-11,14-15,18-19H2,1,4H3/b16-9-,21-13+,23-22-. The highest BCUT2D eigenvalue weighted by atomic mass is 35.5. The molecule has 0 aromatic rings. The van der Waals surface area contributed by atoms with Gasteiger partial charge in [0.05, 0.1) is 19.6 Å². The predicted molar refractivity (Wildman–Crippen MR) is 116 cm³/mol. The molecule has 0 unspecified atom stereocenters. The number of nitrogens with one attached hydrogen (secondary N) is 1. The molecule has 0 aromatic heterocycles. The van der Waals surface area contributed by atoms with Crippen molar-refractivity contribution in [2.75, 3.05) is 20.2 Å². The van der Waals surface area contributed by atoms with E-state index in [1.165, 1.54) is 5.57 Å². The van der Waals surface area contributed by atoms with E-state index < -0.39 is 0 Å². The molecule has 0 fully saturated rings. The molecule has 0 heterocycles. The molecule has 146 valence electrons. The molecule has 0 aromatic carbocycles. The van der Waals surface area contributed by atoms with Gasteiger partial charge in [-0.15, -0.1) is 5.73 Å². The molecular weight excluding hydrogens is 356 g/mol. The first-order valence-corrected chi connectivity index (χ1v) is 9.55. The Labute approximate surface area is 169 Å². The van der Waals surface area contributed by atoms with Crippen LogP contribution in [-0.4, -0.2) is 20.2 Å². The van der Waals surface area contributed by atoms with E-state index in [1.807, 2.05) is 18.2 Å². The fraction of sp³-hybridized carbons (Fsp3) is 0.391. The van der Waals surface area contributed by atoms with Crippen molar-refractivity contribution in [1.29, 1.82) is 5.26 Å². The second-order valence-corrected chi connectivity index (χ2v) is 6.33. The summed E-state index contributed by atoms with van der Waals surface area (Å²) in [5.41, 5.74) is 5.35. The summed E-state index contributed by atoms with van der Waals surface area (Å²) in [6.07, 6.45) is 15.3. The second-order valence-electron chi connectivity index (χ2n) is 5.84. The molecule has 0 aliphatic rings. The van der Waals surface area contributed by atoms with Gasteiger partial charge in [-0.05, 0) is 56.0 Å². The fourth-order valence-corrected chi connectivity index (χ4v) is 2.38. The summed E-state index contributed by atoms with van der Waals surface area (Å²) in [7, 11) is 1.64. The molecule has 0 atom stereocenters. The first-order valence-electron chi connectivity index (χ1n) is 9.17. The van der Waals surface area contributed by atoms with Crippen LogP contribution in [0.4, 0.5) is 0 Å². The number of ether oxygens (including phenoxy) is 1. The van der Waals surface area contributed by atoms with Crippen LogP contribution in [-0.2, 0) is 4.74 Å². The van der Waals surface area contributed by atoms with Gasteiger partial charge in [0.2, 0.25) is 0 Å². The molecule has 0 amide bonds. The highest BCUT2D eigenvalue weighted by Crippen LogP contribution is 2.18. The van der Waals surface area contributed by atoms with Gasteiger partial charge in [0.1, 0.15) is 5.76 Å². The van der Waals surface area contributed by atoms with Crippen LogP contribution in [0.25, 0.3) is 0 Å². The quantitative estimate of drug-likeness (QED) is 0.170. The Balaban J connectivity index is 4.98. The maximum atomic E-state index is 8.65. The maximum Gasteiger partial charge on any atom is 0.121 e. The largest absolute Gasteiger partial charge is 0.496 e. The zero-order valence-electron chi connectivity index (χ0n) is 16.6. The lowest BCUT2D eigenvalue weighted by atomic mass is 10.0. The van der Waals surface area contributed by atoms with Crippen LogP contribution in [0, 0.1) is 11.3 Å². The third kappa shape index (κ3) is 13.6. The van der Waals surface area contributed by atoms with Crippen LogP contribution in [0.5, 0.6) is 0 Å². The van der Waals surface area contributed by atoms with Crippen LogP contribution >= 0.6 is 11.6 Å². The Kier molecular flexibility index (Phi) is 15.8. The average molecular weight is 387 g/mol. The third-order valence-corrected chi connectivity index (χ3v) is 3.75. The van der Waals surface area contributed by atoms with Crippen LogP contribution < -0.4 is 5.32 Å². The molecular formula is C23H31ClN2O. The topological polar surface area (TPSA) is 45.0 Å². The summed E-state index contributed by atoms with van der Waals surface area (Å²) in [4.78, 5) is 0. The monoisotopic (exact) mass is 386 g/mol. The third-order valence-electron chi connectivity index (χ3n) is 3.64. The van der Waals surface area contributed by atoms with E-state index in [0.717, 1.165) is 50.1 Å². The van der Waals surface area contributed by atoms with E-state index in [2.05, 4.69) is 43.3 Å². The maximum absolute atomic E-state index is 8.65. The summed E-state index contributed by atoms with van der Waals surface area (Å²) >= 11 is 5.70. The van der Waals surface area contributed by atoms with E-state index in [-0.39, 0.29) is 0 Å². The molecule has 1 N–H and O–H groups in total. The van der Waals surface area contributed by atoms with E-state index in [9.17, 15) is 0 Å². The number of allylic oxidation sites excluding steroid dienone is 7. The van der Waals surface area contributed by atoms with Gasteiger partial charge in [0.15, 0.2) is 0 Å². The van der Waals surface area contributed by atoms with Crippen LogP contribution in [0.3, 0.4) is 0 Å². The van der Waals surface area contributed by atoms with Crippen LogP contribution in [0.1, 0.15) is 39.0 Å². The van der Waals surface area contributed by atoms with E-state index in [4.69, 9.17) is 21.6 Å². The lowest BCUT2D eigenvalue weighted by molar-refractivity contribution is 0.302. The lowest BCUT2D eigenvalue weighted by Gasteiger charge is -2.11. The molecule has 0 rings (SSSR count). The number of methoxy groups -OCH3 is 1. The average Bonchev–Trinajstić information content (AvgIpc) is 2.66. The van der Waals surface area contributed by atoms with Crippen LogP contribution in [0.2, 0.25) is 0 Å². The Morgan fingerprint density at radius 1 is 1.33 bits per heavy atom.